The van der Waals surface area contributed by atoms with Crippen LogP contribution >= 0.6 is 0 Å². The number of hydrogen-bond donors (Lipinski definition) is 0. The van der Waals surface area contributed by atoms with Crippen molar-refractivity contribution in [1.29, 1.82) is 0 Å². The largest absolute Gasteiger partial charge is 0.389 e. The summed E-state index contributed by atoms with van der Waals surface area (Å²) in [7, 11) is 3.60. The van der Waals surface area contributed by atoms with Crippen molar-refractivity contribution < 1.29 is 4.42 Å². The third-order valence-corrected chi connectivity index (χ3v) is 3.02. The first-order valence-corrected chi connectivity index (χ1v) is 6.30. The highest BCUT2D eigenvalue weighted by molar-refractivity contribution is 5.27. The Bertz CT molecular complexity index is 603. The van der Waals surface area contributed by atoms with Gasteiger partial charge in [0.2, 0.25) is 0 Å². The van der Waals surface area contributed by atoms with Crippen LogP contribution in [-0.2, 0) is 12.8 Å². The summed E-state index contributed by atoms with van der Waals surface area (Å²) in [5, 5.41) is 0. The van der Waals surface area contributed by atoms with Crippen molar-refractivity contribution in [3.63, 3.8) is 0 Å². The van der Waals surface area contributed by atoms with E-state index in [-0.39, 0.29) is 5.63 Å². The minimum absolute atomic E-state index is 0.285. The van der Waals surface area contributed by atoms with Gasteiger partial charge >= 0.3 is 5.63 Å². The molecule has 0 saturated heterocycles. The summed E-state index contributed by atoms with van der Waals surface area (Å²) in [5.74, 6) is 0. The minimum atomic E-state index is -0.285. The lowest BCUT2D eigenvalue weighted by atomic mass is 10.1. The molecular formula is C15H18N2O2. The average molecular weight is 258 g/mol. The molecule has 4 nitrogen and oxygen atoms in total. The van der Waals surface area contributed by atoms with Crippen molar-refractivity contribution in [2.45, 2.75) is 19.8 Å². The summed E-state index contributed by atoms with van der Waals surface area (Å²) in [5.41, 5.74) is 2.33. The van der Waals surface area contributed by atoms with Crippen molar-refractivity contribution in [2.75, 3.05) is 19.0 Å². The van der Waals surface area contributed by atoms with Gasteiger partial charge in [0.25, 0.3) is 6.01 Å². The van der Waals surface area contributed by atoms with E-state index in [1.807, 2.05) is 25.1 Å². The summed E-state index contributed by atoms with van der Waals surface area (Å²) in [4.78, 5) is 17.9. The van der Waals surface area contributed by atoms with Gasteiger partial charge < -0.3 is 9.32 Å². The number of benzene rings is 1. The molecule has 0 fully saturated rings. The zero-order chi connectivity index (χ0) is 13.8. The van der Waals surface area contributed by atoms with Gasteiger partial charge in [-0.15, -0.1) is 0 Å². The molecule has 0 atom stereocenters. The Morgan fingerprint density at radius 3 is 2.42 bits per heavy atom. The van der Waals surface area contributed by atoms with Crippen LogP contribution in [-0.4, -0.2) is 19.1 Å². The first-order valence-electron chi connectivity index (χ1n) is 6.30. The van der Waals surface area contributed by atoms with Gasteiger partial charge in [-0.1, -0.05) is 30.3 Å². The molecule has 1 aromatic heterocycles. The standard InChI is InChI=1S/C15H18N2O2/c1-11-13(10-9-12-7-5-4-6-8-12)14(18)19-15(16-11)17(2)3/h4-8H,9-10H2,1-3H3. The predicted molar refractivity (Wildman–Crippen MR) is 75.7 cm³/mol. The minimum Gasteiger partial charge on any atom is -0.389 e. The number of anilines is 1. The van der Waals surface area contributed by atoms with Gasteiger partial charge in [-0.05, 0) is 25.3 Å². The van der Waals surface area contributed by atoms with Crippen LogP contribution < -0.4 is 10.5 Å². The van der Waals surface area contributed by atoms with Crippen LogP contribution in [0.25, 0.3) is 0 Å². The molecule has 100 valence electrons. The molecule has 2 aromatic rings. The summed E-state index contributed by atoms with van der Waals surface area (Å²) in [6.07, 6.45) is 1.47. The fourth-order valence-electron chi connectivity index (χ4n) is 1.91. The maximum Gasteiger partial charge on any atom is 0.343 e. The first-order chi connectivity index (χ1) is 9.08. The van der Waals surface area contributed by atoms with E-state index in [1.54, 1.807) is 19.0 Å². The van der Waals surface area contributed by atoms with Crippen molar-refractivity contribution in [3.05, 3.63) is 57.6 Å². The van der Waals surface area contributed by atoms with Crippen LogP contribution in [0, 0.1) is 6.92 Å². The van der Waals surface area contributed by atoms with Crippen molar-refractivity contribution >= 4 is 6.01 Å². The maximum absolute atomic E-state index is 12.0. The number of rotatable bonds is 4. The Kier molecular flexibility index (Phi) is 4.00. The van der Waals surface area contributed by atoms with E-state index < -0.39 is 0 Å². The molecule has 0 bridgehead atoms. The zero-order valence-corrected chi connectivity index (χ0v) is 11.5. The number of aryl methyl sites for hydroxylation is 2. The van der Waals surface area contributed by atoms with E-state index in [0.717, 1.165) is 12.1 Å². The average Bonchev–Trinajstić information content (AvgIpc) is 2.38. The van der Waals surface area contributed by atoms with Crippen molar-refractivity contribution in [3.8, 4) is 0 Å². The molecule has 0 N–H and O–H groups in total. The fourth-order valence-corrected chi connectivity index (χ4v) is 1.91. The lowest BCUT2D eigenvalue weighted by molar-refractivity contribution is 0.479. The second-order valence-corrected chi connectivity index (χ2v) is 4.73. The Morgan fingerprint density at radius 2 is 1.84 bits per heavy atom. The molecule has 1 aromatic carbocycles. The normalized spacial score (nSPS) is 10.5. The summed E-state index contributed by atoms with van der Waals surface area (Å²) in [6, 6.07) is 10.4. The Labute approximate surface area is 112 Å². The number of nitrogens with zero attached hydrogens (tertiary/aromatic N) is 2. The molecule has 0 unspecified atom stereocenters. The van der Waals surface area contributed by atoms with Gasteiger partial charge in [-0.3, -0.25) is 0 Å². The van der Waals surface area contributed by atoms with Crippen LogP contribution in [0.1, 0.15) is 16.8 Å². The Hall–Kier alpha value is -2.10. The molecule has 0 aliphatic heterocycles. The van der Waals surface area contributed by atoms with Gasteiger partial charge in [0.15, 0.2) is 0 Å². The fraction of sp³-hybridized carbons (Fsp3) is 0.333. The van der Waals surface area contributed by atoms with Crippen molar-refractivity contribution in [2.24, 2.45) is 0 Å². The third-order valence-electron chi connectivity index (χ3n) is 3.02. The topological polar surface area (TPSA) is 46.3 Å². The molecule has 0 radical (unpaired) electrons. The summed E-state index contributed by atoms with van der Waals surface area (Å²) >= 11 is 0. The van der Waals surface area contributed by atoms with E-state index in [9.17, 15) is 4.79 Å². The van der Waals surface area contributed by atoms with Crippen LogP contribution in [0.4, 0.5) is 6.01 Å². The van der Waals surface area contributed by atoms with E-state index in [4.69, 9.17) is 4.42 Å². The first kappa shape index (κ1) is 13.3. The zero-order valence-electron chi connectivity index (χ0n) is 11.5. The van der Waals surface area contributed by atoms with Gasteiger partial charge in [0.1, 0.15) is 0 Å². The van der Waals surface area contributed by atoms with E-state index >= 15 is 0 Å². The molecule has 0 aliphatic rings. The predicted octanol–water partition coefficient (Wildman–Crippen LogP) is 2.19. The molecular weight excluding hydrogens is 240 g/mol. The molecule has 0 amide bonds. The lowest BCUT2D eigenvalue weighted by Gasteiger charge is -2.11. The highest BCUT2D eigenvalue weighted by Crippen LogP contribution is 2.11. The molecule has 1 heterocycles. The van der Waals surface area contributed by atoms with Crippen LogP contribution in [0.3, 0.4) is 0 Å². The van der Waals surface area contributed by atoms with Gasteiger partial charge in [-0.2, -0.15) is 0 Å². The van der Waals surface area contributed by atoms with Gasteiger partial charge in [-0.25, -0.2) is 9.78 Å². The Morgan fingerprint density at radius 1 is 1.16 bits per heavy atom. The van der Waals surface area contributed by atoms with Crippen molar-refractivity contribution in [1.82, 2.24) is 4.98 Å². The third kappa shape index (κ3) is 3.22. The Balaban J connectivity index is 2.20. The van der Waals surface area contributed by atoms with Crippen LogP contribution in [0.5, 0.6) is 0 Å². The van der Waals surface area contributed by atoms with E-state index in [2.05, 4.69) is 17.1 Å². The molecule has 19 heavy (non-hydrogen) atoms. The number of aromatic nitrogens is 1. The quantitative estimate of drug-likeness (QED) is 0.843. The SMILES string of the molecule is Cc1nc(N(C)C)oc(=O)c1CCc1ccccc1. The van der Waals surface area contributed by atoms with Gasteiger partial charge in [0.05, 0.1) is 11.3 Å². The molecule has 4 heteroatoms. The highest BCUT2D eigenvalue weighted by atomic mass is 16.4. The van der Waals surface area contributed by atoms with Crippen LogP contribution in [0.2, 0.25) is 0 Å². The second-order valence-electron chi connectivity index (χ2n) is 4.73. The summed E-state index contributed by atoms with van der Waals surface area (Å²) < 4.78 is 5.20. The smallest absolute Gasteiger partial charge is 0.343 e. The monoisotopic (exact) mass is 258 g/mol. The van der Waals surface area contributed by atoms with Gasteiger partial charge in [0, 0.05) is 14.1 Å². The van der Waals surface area contributed by atoms with E-state index in [1.165, 1.54) is 5.56 Å². The van der Waals surface area contributed by atoms with E-state index in [0.29, 0.717) is 18.0 Å². The number of hydrogen-bond acceptors (Lipinski definition) is 4. The molecule has 0 spiro atoms. The van der Waals surface area contributed by atoms with Crippen LogP contribution in [0.15, 0.2) is 39.5 Å². The lowest BCUT2D eigenvalue weighted by Crippen LogP contribution is -2.19. The second kappa shape index (κ2) is 5.69. The molecule has 0 aliphatic carbocycles. The molecule has 0 saturated carbocycles. The molecule has 2 rings (SSSR count). The summed E-state index contributed by atoms with van der Waals surface area (Å²) in [6.45, 7) is 1.85. The maximum atomic E-state index is 12.0. The highest BCUT2D eigenvalue weighted by Gasteiger charge is 2.11.